The first-order valence-electron chi connectivity index (χ1n) is 17.8. The molecule has 4 aromatic rings. The number of halogens is 4. The molecule has 17 heteroatoms. The summed E-state index contributed by atoms with van der Waals surface area (Å²) in [7, 11) is -2.13. The average molecular weight is 826 g/mol. The molecule has 0 saturated carbocycles. The quantitative estimate of drug-likeness (QED) is 0.0718. The Balaban J connectivity index is 1.67. The largest absolute Gasteiger partial charge is 0.497 e. The van der Waals surface area contributed by atoms with Gasteiger partial charge in [0.15, 0.2) is 0 Å². The van der Waals surface area contributed by atoms with Crippen LogP contribution < -0.4 is 34.0 Å². The summed E-state index contributed by atoms with van der Waals surface area (Å²) in [6.07, 6.45) is 2.57. The lowest BCUT2D eigenvalue weighted by molar-refractivity contribution is -0.121. The Bertz CT molecular complexity index is 2150. The second kappa shape index (κ2) is 20.8. The first-order valence-corrected chi connectivity index (χ1v) is 19.3. The van der Waals surface area contributed by atoms with Crippen molar-refractivity contribution in [2.45, 2.75) is 37.8 Å². The highest BCUT2D eigenvalue weighted by Gasteiger charge is 2.33. The summed E-state index contributed by atoms with van der Waals surface area (Å²) in [4.78, 5) is 44.4. The van der Waals surface area contributed by atoms with Gasteiger partial charge >= 0.3 is 16.2 Å². The maximum atomic E-state index is 14.3. The van der Waals surface area contributed by atoms with Gasteiger partial charge in [-0.3, -0.25) is 9.59 Å². The van der Waals surface area contributed by atoms with E-state index in [9.17, 15) is 40.4 Å². The molecule has 0 bridgehead atoms. The lowest BCUT2D eigenvalue weighted by Crippen LogP contribution is -2.57. The Morgan fingerprint density at radius 3 is 1.41 bits per heavy atom. The van der Waals surface area contributed by atoms with Crippen molar-refractivity contribution in [1.82, 2.24) is 14.8 Å². The highest BCUT2D eigenvalue weighted by Crippen LogP contribution is 2.24. The van der Waals surface area contributed by atoms with E-state index in [4.69, 9.17) is 9.47 Å². The summed E-state index contributed by atoms with van der Waals surface area (Å²) in [5.74, 6) is -4.57. The van der Waals surface area contributed by atoms with Gasteiger partial charge in [0.2, 0.25) is 11.8 Å². The number of methoxy groups -OCH3 is 2. The van der Waals surface area contributed by atoms with Crippen LogP contribution in [0.25, 0.3) is 0 Å². The van der Waals surface area contributed by atoms with Gasteiger partial charge in [-0.05, 0) is 103 Å². The minimum absolute atomic E-state index is 0.0132. The number of carbonyl (C=O) groups is 3. The predicted octanol–water partition coefficient (Wildman–Crippen LogP) is 6.13. The molecule has 0 aromatic heterocycles. The van der Waals surface area contributed by atoms with Crippen LogP contribution >= 0.6 is 0 Å². The molecule has 0 radical (unpaired) electrons. The van der Waals surface area contributed by atoms with Crippen molar-refractivity contribution < 1.29 is 49.8 Å². The predicted molar refractivity (Wildman–Crippen MR) is 212 cm³/mol. The minimum Gasteiger partial charge on any atom is -0.497 e. The van der Waals surface area contributed by atoms with Gasteiger partial charge in [-0.1, -0.05) is 12.2 Å². The van der Waals surface area contributed by atoms with E-state index in [1.165, 1.54) is 30.1 Å². The molecule has 3 N–H and O–H groups in total. The van der Waals surface area contributed by atoms with Gasteiger partial charge in [-0.15, -0.1) is 13.2 Å². The average Bonchev–Trinajstić information content (AvgIpc) is 3.16. The zero-order valence-electron chi connectivity index (χ0n) is 31.7. The fraction of sp³-hybridized carbons (Fsp3) is 0.244. The second-order valence-corrected chi connectivity index (χ2v) is 14.2. The summed E-state index contributed by atoms with van der Waals surface area (Å²) < 4.78 is 98.5. The second-order valence-electron chi connectivity index (χ2n) is 12.8. The van der Waals surface area contributed by atoms with Crippen molar-refractivity contribution in [1.29, 1.82) is 0 Å². The molecule has 0 fully saturated rings. The molecule has 0 aliphatic carbocycles. The molecule has 4 rings (SSSR count). The Labute approximate surface area is 334 Å². The topological polar surface area (TPSA) is 146 Å². The zero-order valence-corrected chi connectivity index (χ0v) is 32.5. The summed E-state index contributed by atoms with van der Waals surface area (Å²) >= 11 is 0. The molecule has 4 amide bonds. The minimum atomic E-state index is -5.02. The van der Waals surface area contributed by atoms with E-state index in [1.54, 1.807) is 59.3 Å². The summed E-state index contributed by atoms with van der Waals surface area (Å²) in [6, 6.07) is 12.7. The standard InChI is InChI=1S/C41H43F4N5O7S/c1-5-7-17-49(33-9-13-35(56-3)14-10-33)39(51)37(23-27-19-29(42)25-30(43)20-27)46-41(53)48-58(54,55)47-38(24-28-21-31(44)26-32(45)22-28)40(52)50(18-8-6-2)34-11-15-36(57-4)16-12-34/h5-6,9-16,19-22,25-26,37-38,47H,1-2,7-8,17-18,23-24H2,3-4H3,(H2,46,48,53)/t37?,38-/m0/s1. The van der Waals surface area contributed by atoms with E-state index >= 15 is 0 Å². The van der Waals surface area contributed by atoms with Gasteiger partial charge in [0, 0.05) is 43.0 Å². The molecule has 0 aliphatic heterocycles. The van der Waals surface area contributed by atoms with E-state index in [2.05, 4.69) is 23.2 Å². The van der Waals surface area contributed by atoms with Crippen molar-refractivity contribution in [2.75, 3.05) is 37.1 Å². The molecule has 4 aromatic carbocycles. The fourth-order valence-electron chi connectivity index (χ4n) is 5.91. The van der Waals surface area contributed by atoms with Crippen molar-refractivity contribution in [2.24, 2.45) is 0 Å². The number of benzene rings is 4. The first-order chi connectivity index (χ1) is 27.6. The molecule has 12 nitrogen and oxygen atoms in total. The number of urea groups is 1. The summed E-state index contributed by atoms with van der Waals surface area (Å²) in [5, 5.41) is 2.29. The van der Waals surface area contributed by atoms with Gasteiger partial charge in [0.1, 0.15) is 46.9 Å². The van der Waals surface area contributed by atoms with E-state index in [0.717, 1.165) is 24.3 Å². The van der Waals surface area contributed by atoms with Crippen molar-refractivity contribution in [3.8, 4) is 11.5 Å². The van der Waals surface area contributed by atoms with Crippen molar-refractivity contribution in [3.63, 3.8) is 0 Å². The third kappa shape index (κ3) is 12.9. The molecule has 0 saturated heterocycles. The molecule has 0 aliphatic rings. The van der Waals surface area contributed by atoms with Crippen LogP contribution in [0.1, 0.15) is 24.0 Å². The summed E-state index contributed by atoms with van der Waals surface area (Å²) in [6.45, 7) is 7.42. The first kappa shape index (κ1) is 44.5. The van der Waals surface area contributed by atoms with Crippen LogP contribution in [0, 0.1) is 23.3 Å². The number of carbonyl (C=O) groups excluding carboxylic acids is 3. The number of nitrogens with one attached hydrogen (secondary N) is 3. The lowest BCUT2D eigenvalue weighted by atomic mass is 10.0. The van der Waals surface area contributed by atoms with Crippen LogP contribution in [-0.4, -0.2) is 65.7 Å². The number of rotatable bonds is 20. The van der Waals surface area contributed by atoms with Gasteiger partial charge in [-0.2, -0.15) is 13.1 Å². The van der Waals surface area contributed by atoms with E-state index in [-0.39, 0.29) is 37.1 Å². The van der Waals surface area contributed by atoms with Crippen LogP contribution in [0.4, 0.5) is 33.7 Å². The van der Waals surface area contributed by atoms with Gasteiger partial charge in [0.25, 0.3) is 0 Å². The number of ether oxygens (including phenoxy) is 2. The SMILES string of the molecule is C=CCCN(C(=O)C(Cc1cc(F)cc(F)c1)NC(=O)NS(=O)(=O)N[C@@H](Cc1cc(F)cc(F)c1)C(=O)N(CCC=C)c1ccc(OC)cc1)c1ccc(OC)cc1. The maximum Gasteiger partial charge on any atom is 0.330 e. The molecule has 1 unspecified atom stereocenters. The highest BCUT2D eigenvalue weighted by molar-refractivity contribution is 7.88. The van der Waals surface area contributed by atoms with Crippen LogP contribution in [-0.2, 0) is 32.6 Å². The Morgan fingerprint density at radius 1 is 0.655 bits per heavy atom. The number of anilines is 2. The fourth-order valence-corrected chi connectivity index (χ4v) is 6.83. The molecule has 58 heavy (non-hydrogen) atoms. The smallest absolute Gasteiger partial charge is 0.330 e. The van der Waals surface area contributed by atoms with E-state index in [1.807, 2.05) is 0 Å². The van der Waals surface area contributed by atoms with Gasteiger partial charge in [0.05, 0.1) is 14.2 Å². The Morgan fingerprint density at radius 2 is 1.03 bits per heavy atom. The van der Waals surface area contributed by atoms with Gasteiger partial charge < -0.3 is 24.6 Å². The molecule has 0 heterocycles. The highest BCUT2D eigenvalue weighted by atomic mass is 32.2. The monoisotopic (exact) mass is 825 g/mol. The van der Waals surface area contributed by atoms with Crippen LogP contribution in [0.2, 0.25) is 0 Å². The third-order valence-electron chi connectivity index (χ3n) is 8.56. The normalized spacial score (nSPS) is 12.1. The lowest BCUT2D eigenvalue weighted by Gasteiger charge is -2.29. The Hall–Kier alpha value is -6.20. The van der Waals surface area contributed by atoms with Crippen LogP contribution in [0.3, 0.4) is 0 Å². The Kier molecular flexibility index (Phi) is 16.0. The van der Waals surface area contributed by atoms with Crippen LogP contribution in [0.5, 0.6) is 11.5 Å². The third-order valence-corrected chi connectivity index (χ3v) is 9.61. The molecular weight excluding hydrogens is 783 g/mol. The molecule has 2 atom stereocenters. The summed E-state index contributed by atoms with van der Waals surface area (Å²) in [5.41, 5.74) is 0.544. The van der Waals surface area contributed by atoms with Gasteiger partial charge in [-0.25, -0.2) is 27.1 Å². The zero-order chi connectivity index (χ0) is 42.4. The number of nitrogens with zero attached hydrogens (tertiary/aromatic N) is 2. The van der Waals surface area contributed by atoms with Crippen molar-refractivity contribution >= 4 is 39.4 Å². The van der Waals surface area contributed by atoms with Crippen molar-refractivity contribution in [3.05, 3.63) is 145 Å². The van der Waals surface area contributed by atoms with E-state index < -0.39 is 76.2 Å². The number of hydrogen-bond donors (Lipinski definition) is 3. The molecular formula is C41H43F4N5O7S. The number of hydrogen-bond acceptors (Lipinski definition) is 7. The number of amides is 4. The molecule has 0 spiro atoms. The maximum absolute atomic E-state index is 14.3. The molecule has 308 valence electrons. The van der Waals surface area contributed by atoms with Crippen LogP contribution in [0.15, 0.2) is 110 Å². The van der Waals surface area contributed by atoms with E-state index in [0.29, 0.717) is 35.0 Å².